The highest BCUT2D eigenvalue weighted by atomic mass is 16.7. The summed E-state index contributed by atoms with van der Waals surface area (Å²) < 4.78 is 17.8. The molecule has 2 saturated heterocycles. The number of benzene rings is 1. The zero-order valence-electron chi connectivity index (χ0n) is 16.4. The minimum Gasteiger partial charge on any atom is -0.399 e. The smallest absolute Gasteiger partial charge is 0.399 e. The van der Waals surface area contributed by atoms with E-state index in [9.17, 15) is 0 Å². The third-order valence-electron chi connectivity index (χ3n) is 5.88. The molecule has 6 nitrogen and oxygen atoms in total. The monoisotopic (exact) mass is 367 g/mol. The maximum Gasteiger partial charge on any atom is 0.494 e. The molecule has 0 aliphatic carbocycles. The third-order valence-corrected chi connectivity index (χ3v) is 5.88. The number of nitrogens with zero attached hydrogens (tertiary/aromatic N) is 1. The van der Waals surface area contributed by atoms with Crippen LogP contribution in [0.15, 0.2) is 12.1 Å². The Balaban J connectivity index is 1.73. The van der Waals surface area contributed by atoms with E-state index in [0.717, 1.165) is 48.0 Å². The number of fused-ring (bicyclic) bond motifs is 1. The molecule has 0 unspecified atom stereocenters. The van der Waals surface area contributed by atoms with Crippen molar-refractivity contribution in [3.8, 4) is 11.8 Å². The van der Waals surface area contributed by atoms with Crippen molar-refractivity contribution in [1.82, 2.24) is 10.2 Å². The van der Waals surface area contributed by atoms with Crippen molar-refractivity contribution < 1.29 is 14.0 Å². The summed E-state index contributed by atoms with van der Waals surface area (Å²) in [6, 6.07) is 4.00. The molecule has 2 aliphatic rings. The van der Waals surface area contributed by atoms with Gasteiger partial charge in [0.25, 0.3) is 0 Å². The number of hydrogen-bond donors (Lipinski definition) is 2. The van der Waals surface area contributed by atoms with Crippen LogP contribution in [0.3, 0.4) is 0 Å². The van der Waals surface area contributed by atoms with Gasteiger partial charge in [-0.3, -0.25) is 5.10 Å². The molecule has 142 valence electrons. The van der Waals surface area contributed by atoms with Crippen LogP contribution >= 0.6 is 0 Å². The molecule has 0 spiro atoms. The number of H-pyrrole nitrogens is 1. The Morgan fingerprint density at radius 2 is 1.81 bits per heavy atom. The van der Waals surface area contributed by atoms with Crippen molar-refractivity contribution in [2.24, 2.45) is 5.92 Å². The van der Waals surface area contributed by atoms with Crippen LogP contribution in [-0.2, 0) is 14.0 Å². The number of aromatic amines is 1. The van der Waals surface area contributed by atoms with Gasteiger partial charge in [-0.2, -0.15) is 5.10 Å². The molecule has 2 fully saturated rings. The first-order valence-corrected chi connectivity index (χ1v) is 9.49. The van der Waals surface area contributed by atoms with Crippen LogP contribution in [0.5, 0.6) is 0 Å². The lowest BCUT2D eigenvalue weighted by Crippen LogP contribution is -2.41. The molecule has 3 heterocycles. The van der Waals surface area contributed by atoms with Gasteiger partial charge in [-0.05, 0) is 58.1 Å². The van der Waals surface area contributed by atoms with Crippen molar-refractivity contribution in [3.63, 3.8) is 0 Å². The number of rotatable bonds is 1. The largest absolute Gasteiger partial charge is 0.494 e. The Morgan fingerprint density at radius 1 is 1.15 bits per heavy atom. The summed E-state index contributed by atoms with van der Waals surface area (Å²) in [7, 11) is -0.461. The highest BCUT2D eigenvalue weighted by molar-refractivity contribution is 6.62. The Morgan fingerprint density at radius 3 is 2.48 bits per heavy atom. The number of nitrogens with two attached hydrogens (primary N) is 1. The predicted octanol–water partition coefficient (Wildman–Crippen LogP) is 2.22. The standard InChI is InChI=1S/C20H26BN3O3/c1-19(2)20(3,4)27-21(26-19)15-11-14(6-5-13-7-9-25-10-8-13)17-16(12-15)18(22)24-23-17/h11-13H,7-10H2,1-4H3,(H3,22,23,24). The van der Waals surface area contributed by atoms with Crippen molar-refractivity contribution in [1.29, 1.82) is 0 Å². The van der Waals surface area contributed by atoms with Gasteiger partial charge in [0.05, 0.1) is 16.7 Å². The quantitative estimate of drug-likeness (QED) is 0.597. The molecule has 1 aromatic heterocycles. The lowest BCUT2D eigenvalue weighted by Gasteiger charge is -2.32. The fraction of sp³-hybridized carbons (Fsp3) is 0.550. The predicted molar refractivity (Wildman–Crippen MR) is 107 cm³/mol. The highest BCUT2D eigenvalue weighted by Gasteiger charge is 2.51. The van der Waals surface area contributed by atoms with E-state index in [2.05, 4.69) is 22.0 Å². The summed E-state index contributed by atoms with van der Waals surface area (Å²) in [5.74, 6) is 7.53. The zero-order chi connectivity index (χ0) is 19.2. The maximum atomic E-state index is 6.21. The van der Waals surface area contributed by atoms with Gasteiger partial charge in [0.1, 0.15) is 0 Å². The molecule has 3 N–H and O–H groups in total. The van der Waals surface area contributed by atoms with Crippen molar-refractivity contribution in [3.05, 3.63) is 17.7 Å². The maximum absolute atomic E-state index is 6.21. The van der Waals surface area contributed by atoms with E-state index < -0.39 is 18.3 Å². The lowest BCUT2D eigenvalue weighted by atomic mass is 9.77. The second-order valence-electron chi connectivity index (χ2n) is 8.34. The Kier molecular flexibility index (Phi) is 4.46. The van der Waals surface area contributed by atoms with Gasteiger partial charge in [-0.15, -0.1) is 0 Å². The minimum atomic E-state index is -0.461. The molecule has 0 atom stereocenters. The van der Waals surface area contributed by atoms with Crippen LogP contribution in [0.25, 0.3) is 10.9 Å². The summed E-state index contributed by atoms with van der Waals surface area (Å²) in [5, 5.41) is 8.02. The number of aromatic nitrogens is 2. The third kappa shape index (κ3) is 3.34. The van der Waals surface area contributed by atoms with Gasteiger partial charge in [0.2, 0.25) is 0 Å². The Labute approximate surface area is 160 Å². The number of nitrogens with one attached hydrogen (secondary N) is 1. The molecular weight excluding hydrogens is 341 g/mol. The molecule has 0 saturated carbocycles. The van der Waals surface area contributed by atoms with E-state index in [1.165, 1.54) is 0 Å². The average Bonchev–Trinajstić information content (AvgIpc) is 3.10. The summed E-state index contributed by atoms with van der Waals surface area (Å²) in [5.41, 5.74) is 7.90. The number of anilines is 1. The van der Waals surface area contributed by atoms with Crippen LogP contribution in [0.2, 0.25) is 0 Å². The van der Waals surface area contributed by atoms with Crippen LogP contribution in [-0.4, -0.2) is 41.7 Å². The average molecular weight is 367 g/mol. The number of hydrogen-bond acceptors (Lipinski definition) is 5. The van der Waals surface area contributed by atoms with Crippen molar-refractivity contribution in [2.75, 3.05) is 18.9 Å². The van der Waals surface area contributed by atoms with Crippen LogP contribution in [0, 0.1) is 17.8 Å². The molecule has 7 heteroatoms. The van der Waals surface area contributed by atoms with Crippen LogP contribution in [0.4, 0.5) is 5.82 Å². The van der Waals surface area contributed by atoms with Gasteiger partial charge in [0, 0.05) is 30.1 Å². The van der Waals surface area contributed by atoms with E-state index in [-0.39, 0.29) is 0 Å². The molecular formula is C20H26BN3O3. The molecule has 2 aliphatic heterocycles. The Bertz CT molecular complexity index is 904. The fourth-order valence-corrected chi connectivity index (χ4v) is 3.40. The molecule has 1 aromatic carbocycles. The van der Waals surface area contributed by atoms with Gasteiger partial charge in [0.15, 0.2) is 5.82 Å². The molecule has 0 bridgehead atoms. The first-order chi connectivity index (χ1) is 12.8. The summed E-state index contributed by atoms with van der Waals surface area (Å²) in [6.45, 7) is 9.74. The molecule has 4 rings (SSSR count). The lowest BCUT2D eigenvalue weighted by molar-refractivity contribution is 0.00578. The Hall–Kier alpha value is -2.01. The number of nitrogen functional groups attached to an aromatic ring is 1. The molecule has 0 radical (unpaired) electrons. The van der Waals surface area contributed by atoms with Crippen molar-refractivity contribution in [2.45, 2.75) is 51.7 Å². The van der Waals surface area contributed by atoms with E-state index in [1.807, 2.05) is 39.8 Å². The van der Waals surface area contributed by atoms with Crippen molar-refractivity contribution >= 4 is 29.3 Å². The van der Waals surface area contributed by atoms with Gasteiger partial charge in [-0.1, -0.05) is 11.8 Å². The summed E-state index contributed by atoms with van der Waals surface area (Å²) in [4.78, 5) is 0. The van der Waals surface area contributed by atoms with E-state index in [1.54, 1.807) is 0 Å². The van der Waals surface area contributed by atoms with Crippen LogP contribution < -0.4 is 11.2 Å². The first kappa shape index (κ1) is 18.4. The second kappa shape index (κ2) is 6.56. The molecule has 0 amide bonds. The summed E-state index contributed by atoms with van der Waals surface area (Å²) in [6.07, 6.45) is 1.94. The SMILES string of the molecule is CC1(C)OB(c2cc(C#CC3CCOCC3)c3[nH]nc(N)c3c2)OC1(C)C. The topological polar surface area (TPSA) is 82.4 Å². The fourth-order valence-electron chi connectivity index (χ4n) is 3.40. The minimum absolute atomic E-state index is 0.356. The normalized spacial score (nSPS) is 22.0. The highest BCUT2D eigenvalue weighted by Crippen LogP contribution is 2.37. The zero-order valence-corrected chi connectivity index (χ0v) is 16.4. The summed E-state index contributed by atoms with van der Waals surface area (Å²) >= 11 is 0. The molecule has 2 aromatic rings. The van der Waals surface area contributed by atoms with Crippen LogP contribution in [0.1, 0.15) is 46.1 Å². The van der Waals surface area contributed by atoms with E-state index >= 15 is 0 Å². The van der Waals surface area contributed by atoms with Gasteiger partial charge < -0.3 is 19.8 Å². The van der Waals surface area contributed by atoms with E-state index in [4.69, 9.17) is 19.8 Å². The first-order valence-electron chi connectivity index (χ1n) is 9.49. The number of ether oxygens (including phenoxy) is 1. The molecule has 27 heavy (non-hydrogen) atoms. The van der Waals surface area contributed by atoms with Gasteiger partial charge >= 0.3 is 7.12 Å². The second-order valence-corrected chi connectivity index (χ2v) is 8.34. The van der Waals surface area contributed by atoms with Gasteiger partial charge in [-0.25, -0.2) is 0 Å². The van der Waals surface area contributed by atoms with E-state index in [0.29, 0.717) is 11.7 Å².